The van der Waals surface area contributed by atoms with Crippen LogP contribution in [0.3, 0.4) is 0 Å². The molecule has 0 atom stereocenters. The second-order valence-electron chi connectivity index (χ2n) is 6.84. The summed E-state index contributed by atoms with van der Waals surface area (Å²) in [6.45, 7) is 2.16. The molecule has 10 heteroatoms. The molecule has 0 saturated heterocycles. The van der Waals surface area contributed by atoms with Crippen LogP contribution < -0.4 is 19.7 Å². The van der Waals surface area contributed by atoms with E-state index in [9.17, 15) is 19.2 Å². The number of benzene rings is 2. The SMILES string of the molecule is CC(=O)N(c1nc(C=C(C#N)C(=O)Nc2ccc3c(c2)OCCO3)cs1)c1ccccc1F. The molecule has 1 aliphatic heterocycles. The Kier molecular flexibility index (Phi) is 6.33. The zero-order valence-corrected chi connectivity index (χ0v) is 18.2. The molecule has 0 bridgehead atoms. The van der Waals surface area contributed by atoms with E-state index in [2.05, 4.69) is 10.3 Å². The van der Waals surface area contributed by atoms with E-state index in [1.807, 2.05) is 6.07 Å². The smallest absolute Gasteiger partial charge is 0.266 e. The van der Waals surface area contributed by atoms with Crippen LogP contribution in [0.4, 0.5) is 20.9 Å². The Bertz CT molecular complexity index is 1300. The van der Waals surface area contributed by atoms with E-state index >= 15 is 0 Å². The molecule has 4 rings (SSSR count). The molecule has 0 aliphatic carbocycles. The van der Waals surface area contributed by atoms with Crippen LogP contribution >= 0.6 is 11.3 Å². The van der Waals surface area contributed by atoms with Gasteiger partial charge in [-0.2, -0.15) is 5.26 Å². The summed E-state index contributed by atoms with van der Waals surface area (Å²) in [5, 5.41) is 13.9. The van der Waals surface area contributed by atoms with E-state index in [0.717, 1.165) is 16.2 Å². The number of amides is 2. The maximum absolute atomic E-state index is 14.2. The topological polar surface area (TPSA) is 105 Å². The lowest BCUT2D eigenvalue weighted by molar-refractivity contribution is -0.116. The van der Waals surface area contributed by atoms with Crippen LogP contribution in [0.5, 0.6) is 11.5 Å². The summed E-state index contributed by atoms with van der Waals surface area (Å²) < 4.78 is 25.2. The number of ether oxygens (including phenoxy) is 2. The number of thiazole rings is 1. The highest BCUT2D eigenvalue weighted by molar-refractivity contribution is 7.14. The van der Waals surface area contributed by atoms with Crippen LogP contribution in [0.25, 0.3) is 6.08 Å². The molecule has 8 nitrogen and oxygen atoms in total. The normalized spacial score (nSPS) is 12.6. The molecule has 1 N–H and O–H groups in total. The summed E-state index contributed by atoms with van der Waals surface area (Å²) in [6, 6.07) is 12.6. The van der Waals surface area contributed by atoms with Gasteiger partial charge in [-0.3, -0.25) is 14.5 Å². The molecular weight excluding hydrogens is 447 g/mol. The summed E-state index contributed by atoms with van der Waals surface area (Å²) >= 11 is 1.08. The highest BCUT2D eigenvalue weighted by Gasteiger charge is 2.21. The predicted octanol–water partition coefficient (Wildman–Crippen LogP) is 4.28. The van der Waals surface area contributed by atoms with Crippen molar-refractivity contribution in [1.29, 1.82) is 5.26 Å². The van der Waals surface area contributed by atoms with Gasteiger partial charge in [-0.15, -0.1) is 11.3 Å². The maximum Gasteiger partial charge on any atom is 0.266 e. The molecular formula is C23H17FN4O4S. The Morgan fingerprint density at radius 3 is 2.70 bits per heavy atom. The molecule has 2 aromatic carbocycles. The minimum absolute atomic E-state index is 0.0618. The molecule has 33 heavy (non-hydrogen) atoms. The molecule has 2 amide bonds. The minimum atomic E-state index is -0.638. The summed E-state index contributed by atoms with van der Waals surface area (Å²) in [6.07, 6.45) is 1.30. The van der Waals surface area contributed by atoms with Crippen molar-refractivity contribution in [3.63, 3.8) is 0 Å². The standard InChI is InChI=1S/C23H17FN4O4S/c1-14(29)28(19-5-3-2-4-18(19)24)23-27-17(13-33-23)10-15(12-25)22(30)26-16-6-7-20-21(11-16)32-9-8-31-20/h2-7,10-11,13H,8-9H2,1H3,(H,26,30). The van der Waals surface area contributed by atoms with E-state index in [1.54, 1.807) is 29.6 Å². The van der Waals surface area contributed by atoms with Crippen molar-refractivity contribution in [3.8, 4) is 17.6 Å². The van der Waals surface area contributed by atoms with E-state index < -0.39 is 17.6 Å². The molecule has 1 aromatic heterocycles. The molecule has 0 spiro atoms. The van der Waals surface area contributed by atoms with Crippen LogP contribution in [-0.2, 0) is 9.59 Å². The fourth-order valence-corrected chi connectivity index (χ4v) is 3.94. The van der Waals surface area contributed by atoms with Crippen LogP contribution in [0.1, 0.15) is 12.6 Å². The molecule has 2 heterocycles. The summed E-state index contributed by atoms with van der Waals surface area (Å²) in [5.74, 6) is -0.557. The van der Waals surface area contributed by atoms with E-state index in [0.29, 0.717) is 30.4 Å². The van der Waals surface area contributed by atoms with E-state index in [-0.39, 0.29) is 22.1 Å². The quantitative estimate of drug-likeness (QED) is 0.446. The lowest BCUT2D eigenvalue weighted by atomic mass is 10.2. The fraction of sp³-hybridized carbons (Fsp3) is 0.130. The number of nitrogens with zero attached hydrogens (tertiary/aromatic N) is 3. The first-order valence-corrected chi connectivity index (χ1v) is 10.7. The van der Waals surface area contributed by atoms with Crippen molar-refractivity contribution >= 4 is 45.7 Å². The second kappa shape index (κ2) is 9.50. The van der Waals surface area contributed by atoms with E-state index in [4.69, 9.17) is 9.47 Å². The summed E-state index contributed by atoms with van der Waals surface area (Å²) in [4.78, 5) is 30.2. The largest absolute Gasteiger partial charge is 0.486 e. The third-order valence-electron chi connectivity index (χ3n) is 4.57. The highest BCUT2D eigenvalue weighted by Crippen LogP contribution is 2.33. The van der Waals surface area contributed by atoms with E-state index in [1.165, 1.54) is 31.2 Å². The van der Waals surface area contributed by atoms with Gasteiger partial charge in [0.2, 0.25) is 5.91 Å². The Balaban J connectivity index is 1.55. The number of nitriles is 1. The number of para-hydroxylation sites is 1. The summed E-state index contributed by atoms with van der Waals surface area (Å²) in [5.41, 5.74) is 0.590. The van der Waals surface area contributed by atoms with Gasteiger partial charge in [-0.25, -0.2) is 9.37 Å². The van der Waals surface area contributed by atoms with Crippen molar-refractivity contribution in [2.45, 2.75) is 6.92 Å². The number of rotatable bonds is 5. The zero-order chi connectivity index (χ0) is 23.4. The lowest BCUT2D eigenvalue weighted by Gasteiger charge is -2.18. The number of aromatic nitrogens is 1. The molecule has 3 aromatic rings. The first-order valence-electron chi connectivity index (χ1n) is 9.80. The van der Waals surface area contributed by atoms with Gasteiger partial charge < -0.3 is 14.8 Å². The molecule has 166 valence electrons. The average Bonchev–Trinajstić information content (AvgIpc) is 3.26. The third-order valence-corrected chi connectivity index (χ3v) is 5.41. The predicted molar refractivity (Wildman–Crippen MR) is 121 cm³/mol. The number of halogens is 1. The van der Waals surface area contributed by atoms with Gasteiger partial charge in [0, 0.05) is 24.1 Å². The lowest BCUT2D eigenvalue weighted by Crippen LogP contribution is -2.23. The molecule has 0 saturated carbocycles. The average molecular weight is 464 g/mol. The zero-order valence-electron chi connectivity index (χ0n) is 17.4. The van der Waals surface area contributed by atoms with Crippen LogP contribution in [-0.4, -0.2) is 30.0 Å². The first kappa shape index (κ1) is 22.0. The Morgan fingerprint density at radius 1 is 1.21 bits per heavy atom. The number of fused-ring (bicyclic) bond motifs is 1. The second-order valence-corrected chi connectivity index (χ2v) is 7.68. The fourth-order valence-electron chi connectivity index (χ4n) is 3.10. The monoisotopic (exact) mass is 464 g/mol. The number of hydrogen-bond acceptors (Lipinski definition) is 7. The van der Waals surface area contributed by atoms with Gasteiger partial charge in [0.25, 0.3) is 5.91 Å². The Labute approximate surface area is 192 Å². The van der Waals surface area contributed by atoms with Gasteiger partial charge in [0.15, 0.2) is 16.6 Å². The third kappa shape index (κ3) is 4.83. The van der Waals surface area contributed by atoms with Crippen LogP contribution in [0.2, 0.25) is 0 Å². The molecule has 0 fully saturated rings. The first-order chi connectivity index (χ1) is 16.0. The Hall–Kier alpha value is -4.23. The highest BCUT2D eigenvalue weighted by atomic mass is 32.1. The van der Waals surface area contributed by atoms with Crippen molar-refractivity contribution in [2.75, 3.05) is 23.4 Å². The van der Waals surface area contributed by atoms with Gasteiger partial charge in [0.1, 0.15) is 30.7 Å². The number of nitrogens with one attached hydrogen (secondary N) is 1. The van der Waals surface area contributed by atoms with Crippen molar-refractivity contribution < 1.29 is 23.5 Å². The molecule has 0 unspecified atom stereocenters. The molecule has 1 aliphatic rings. The van der Waals surface area contributed by atoms with Crippen LogP contribution in [0, 0.1) is 17.1 Å². The van der Waals surface area contributed by atoms with Gasteiger partial charge >= 0.3 is 0 Å². The number of anilines is 3. The number of carbonyl (C=O) groups is 2. The summed E-state index contributed by atoms with van der Waals surface area (Å²) in [7, 11) is 0. The van der Waals surface area contributed by atoms with Gasteiger partial charge in [0.05, 0.1) is 11.4 Å². The number of carbonyl (C=O) groups excluding carboxylic acids is 2. The van der Waals surface area contributed by atoms with Crippen molar-refractivity contribution in [1.82, 2.24) is 4.98 Å². The molecule has 0 radical (unpaired) electrons. The van der Waals surface area contributed by atoms with Crippen molar-refractivity contribution in [3.05, 3.63) is 64.9 Å². The minimum Gasteiger partial charge on any atom is -0.486 e. The van der Waals surface area contributed by atoms with Gasteiger partial charge in [-0.1, -0.05) is 12.1 Å². The van der Waals surface area contributed by atoms with Gasteiger partial charge in [-0.05, 0) is 30.3 Å². The van der Waals surface area contributed by atoms with Crippen LogP contribution in [0.15, 0.2) is 53.4 Å². The maximum atomic E-state index is 14.2. The number of hydrogen-bond donors (Lipinski definition) is 1. The van der Waals surface area contributed by atoms with Crippen molar-refractivity contribution in [2.24, 2.45) is 0 Å². The Morgan fingerprint density at radius 2 is 1.97 bits per heavy atom.